The molecule has 212 valence electrons. The van der Waals surface area contributed by atoms with Crippen LogP contribution in [0.2, 0.25) is 0 Å². The van der Waals surface area contributed by atoms with Crippen molar-refractivity contribution in [1.82, 2.24) is 0 Å². The van der Waals surface area contributed by atoms with Crippen LogP contribution in [0.15, 0.2) is 59.4 Å². The van der Waals surface area contributed by atoms with Crippen LogP contribution in [0, 0.1) is 23.5 Å². The van der Waals surface area contributed by atoms with Gasteiger partial charge in [0.2, 0.25) is 0 Å². The molecule has 0 unspecified atom stereocenters. The predicted octanol–water partition coefficient (Wildman–Crippen LogP) is 9.70. The maximum Gasteiger partial charge on any atom is 0.387 e. The Bertz CT molecular complexity index is 1240. The van der Waals surface area contributed by atoms with E-state index in [1.807, 2.05) is 6.92 Å². The highest BCUT2D eigenvalue weighted by Gasteiger charge is 2.52. The third-order valence-corrected chi connectivity index (χ3v) is 7.40. The van der Waals surface area contributed by atoms with E-state index in [-0.39, 0.29) is 16.9 Å². The molecule has 0 aromatic heterocycles. The van der Waals surface area contributed by atoms with Crippen molar-refractivity contribution in [3.05, 3.63) is 71.0 Å². The Morgan fingerprint density at radius 3 is 2.18 bits per heavy atom. The first-order chi connectivity index (χ1) is 18.4. The molecule has 0 saturated heterocycles. The maximum atomic E-state index is 15.5. The topological polar surface area (TPSA) is 18.5 Å². The second-order valence-corrected chi connectivity index (χ2v) is 10.1. The van der Waals surface area contributed by atoms with E-state index in [1.165, 1.54) is 24.3 Å². The smallest absolute Gasteiger partial charge is 0.387 e. The molecule has 1 saturated carbocycles. The van der Waals surface area contributed by atoms with Crippen LogP contribution in [0.4, 0.5) is 35.1 Å². The molecular formula is C29H28F8O2. The highest BCUT2D eigenvalue weighted by molar-refractivity contribution is 5.71. The zero-order valence-electron chi connectivity index (χ0n) is 21.4. The quantitative estimate of drug-likeness (QED) is 0.299. The van der Waals surface area contributed by atoms with Crippen molar-refractivity contribution in [3.8, 4) is 22.6 Å². The molecule has 39 heavy (non-hydrogen) atoms. The lowest BCUT2D eigenvalue weighted by Crippen LogP contribution is -2.39. The number of hydrogen-bond donors (Lipinski definition) is 0. The average molecular weight is 561 g/mol. The normalized spacial score (nSPS) is 25.9. The Hall–Kier alpha value is -3.04. The molecule has 2 aliphatic rings. The van der Waals surface area contributed by atoms with E-state index in [0.29, 0.717) is 50.7 Å². The third-order valence-electron chi connectivity index (χ3n) is 7.40. The van der Waals surface area contributed by atoms with E-state index in [9.17, 15) is 22.0 Å². The number of ether oxygens (including phenoxy) is 2. The maximum absolute atomic E-state index is 15.5. The molecule has 0 spiro atoms. The van der Waals surface area contributed by atoms with Crippen LogP contribution >= 0.6 is 0 Å². The lowest BCUT2D eigenvalue weighted by Gasteiger charge is -2.36. The molecule has 0 radical (unpaired) electrons. The van der Waals surface area contributed by atoms with Crippen molar-refractivity contribution < 1.29 is 44.6 Å². The van der Waals surface area contributed by atoms with Gasteiger partial charge in [-0.2, -0.15) is 8.78 Å². The highest BCUT2D eigenvalue weighted by Crippen LogP contribution is 2.50. The summed E-state index contributed by atoms with van der Waals surface area (Å²) in [4.78, 5) is 0. The largest absolute Gasteiger partial charge is 0.453 e. The van der Waals surface area contributed by atoms with Gasteiger partial charge < -0.3 is 9.47 Å². The average Bonchev–Trinajstić information content (AvgIpc) is 2.89. The molecule has 2 atom stereocenters. The molecule has 1 fully saturated rings. The third kappa shape index (κ3) is 5.79. The summed E-state index contributed by atoms with van der Waals surface area (Å²) in [5, 5.41) is 0. The fourth-order valence-electron chi connectivity index (χ4n) is 5.38. The van der Waals surface area contributed by atoms with E-state index >= 15 is 13.2 Å². The van der Waals surface area contributed by atoms with E-state index in [1.54, 1.807) is 0 Å². The minimum atomic E-state index is -3.47. The van der Waals surface area contributed by atoms with E-state index < -0.39 is 64.7 Å². The van der Waals surface area contributed by atoms with Crippen LogP contribution in [-0.2, 0) is 0 Å². The van der Waals surface area contributed by atoms with Crippen molar-refractivity contribution in [3.63, 3.8) is 0 Å². The van der Waals surface area contributed by atoms with Gasteiger partial charge in [-0.05, 0) is 68.2 Å². The molecule has 0 amide bonds. The Morgan fingerprint density at radius 1 is 0.974 bits per heavy atom. The highest BCUT2D eigenvalue weighted by atomic mass is 19.3. The molecule has 2 nitrogen and oxygen atoms in total. The first-order valence-corrected chi connectivity index (χ1v) is 12.8. The van der Waals surface area contributed by atoms with Crippen LogP contribution in [-0.4, -0.2) is 18.5 Å². The fraction of sp³-hybridized carbons (Fsp3) is 0.448. The van der Waals surface area contributed by atoms with Gasteiger partial charge in [-0.1, -0.05) is 38.0 Å². The van der Waals surface area contributed by atoms with Gasteiger partial charge in [0.1, 0.15) is 11.6 Å². The molecule has 0 aliphatic heterocycles. The van der Waals surface area contributed by atoms with Crippen LogP contribution in [0.3, 0.4) is 0 Å². The lowest BCUT2D eigenvalue weighted by atomic mass is 9.74. The summed E-state index contributed by atoms with van der Waals surface area (Å²) in [6.07, 6.45) is 1.33. The zero-order valence-corrected chi connectivity index (χ0v) is 21.4. The van der Waals surface area contributed by atoms with Crippen LogP contribution < -0.4 is 9.47 Å². The Kier molecular flexibility index (Phi) is 8.61. The van der Waals surface area contributed by atoms with Gasteiger partial charge in [-0.3, -0.25) is 0 Å². The molecule has 0 N–H and O–H groups in total. The van der Waals surface area contributed by atoms with Gasteiger partial charge in [-0.15, -0.1) is 0 Å². The Morgan fingerprint density at radius 2 is 1.59 bits per heavy atom. The summed E-state index contributed by atoms with van der Waals surface area (Å²) < 4.78 is 124. The van der Waals surface area contributed by atoms with Crippen LogP contribution in [0.5, 0.6) is 11.5 Å². The number of alkyl halides is 4. The van der Waals surface area contributed by atoms with Gasteiger partial charge >= 0.3 is 6.61 Å². The van der Waals surface area contributed by atoms with Gasteiger partial charge in [0, 0.05) is 11.1 Å². The minimum absolute atomic E-state index is 0.0338. The Labute approximate surface area is 221 Å². The lowest BCUT2D eigenvalue weighted by molar-refractivity contribution is -0.0546. The molecule has 2 aliphatic carbocycles. The van der Waals surface area contributed by atoms with E-state index in [2.05, 4.69) is 4.74 Å². The summed E-state index contributed by atoms with van der Waals surface area (Å²) in [6.45, 7) is -0.851. The number of halogens is 8. The summed E-state index contributed by atoms with van der Waals surface area (Å²) in [6, 6.07) is 6.91. The monoisotopic (exact) mass is 560 g/mol. The van der Waals surface area contributed by atoms with Crippen LogP contribution in [0.1, 0.15) is 52.4 Å². The van der Waals surface area contributed by atoms with E-state index in [0.717, 1.165) is 12.8 Å². The molecular weight excluding hydrogens is 532 g/mol. The number of allylic oxidation sites excluding steroid dienone is 3. The Balaban J connectivity index is 1.74. The van der Waals surface area contributed by atoms with Gasteiger partial charge in [0.25, 0.3) is 0 Å². The standard InChI is InChI=1S/C29H28F8O2/c1-3-6-15-9-11-16(12-10-15)22-23(32)26(33)29(2,37)27(34)25(22)38-21-8-5-4-7-18(21)17-13-19(30)24(20(31)14-17)39-28(35)36/h4-5,7-8,13-16,26,28H,3,6,9-12H2,1-2H3/t15?,16?,26-,29-/m0/s1. The van der Waals surface area contributed by atoms with Gasteiger partial charge in [0.15, 0.2) is 40.8 Å². The number of hydrogen-bond acceptors (Lipinski definition) is 2. The van der Waals surface area contributed by atoms with Crippen molar-refractivity contribution in [2.75, 3.05) is 0 Å². The summed E-state index contributed by atoms with van der Waals surface area (Å²) in [5.41, 5.74) is -3.97. The van der Waals surface area contributed by atoms with Gasteiger partial charge in [-0.25, -0.2) is 26.3 Å². The molecule has 10 heteroatoms. The molecule has 0 bridgehead atoms. The summed E-state index contributed by atoms with van der Waals surface area (Å²) >= 11 is 0. The van der Waals surface area contributed by atoms with Crippen molar-refractivity contribution >= 4 is 0 Å². The number of benzene rings is 2. The van der Waals surface area contributed by atoms with Crippen LogP contribution in [0.25, 0.3) is 11.1 Å². The zero-order chi connectivity index (χ0) is 28.5. The first kappa shape index (κ1) is 29.0. The molecule has 0 heterocycles. The minimum Gasteiger partial charge on any atom is -0.453 e. The predicted molar refractivity (Wildman–Crippen MR) is 130 cm³/mol. The second kappa shape index (κ2) is 11.6. The SMILES string of the molecule is CCCC1CCC(C2=C(F)[C@H](F)[C@](C)(F)C(F)=C2Oc2ccccc2-c2cc(F)c(OC(F)F)c(F)c2)CC1. The number of rotatable bonds is 8. The molecule has 4 rings (SSSR count). The van der Waals surface area contributed by atoms with Crippen molar-refractivity contribution in [2.45, 2.75) is 70.8 Å². The molecule has 2 aromatic rings. The van der Waals surface area contributed by atoms with Gasteiger partial charge in [0.05, 0.1) is 0 Å². The number of para-hydroxylation sites is 1. The van der Waals surface area contributed by atoms with Crippen molar-refractivity contribution in [2.24, 2.45) is 11.8 Å². The van der Waals surface area contributed by atoms with E-state index in [4.69, 9.17) is 4.74 Å². The second-order valence-electron chi connectivity index (χ2n) is 10.1. The fourth-order valence-corrected chi connectivity index (χ4v) is 5.38. The molecule has 2 aromatic carbocycles. The van der Waals surface area contributed by atoms with Crippen molar-refractivity contribution in [1.29, 1.82) is 0 Å². The summed E-state index contributed by atoms with van der Waals surface area (Å²) in [5.74, 6) is -8.51. The summed E-state index contributed by atoms with van der Waals surface area (Å²) in [7, 11) is 0. The first-order valence-electron chi connectivity index (χ1n) is 12.8.